The van der Waals surface area contributed by atoms with Gasteiger partial charge in [0.25, 0.3) is 0 Å². The van der Waals surface area contributed by atoms with Crippen molar-refractivity contribution in [3.05, 3.63) is 17.6 Å². The molecule has 1 N–H and O–H groups in total. The quantitative estimate of drug-likeness (QED) is 0.781. The number of hydrogen-bond donors (Lipinski definition) is 1. The number of nitrogens with one attached hydrogen (secondary N) is 1. The van der Waals surface area contributed by atoms with E-state index in [0.29, 0.717) is 0 Å². The van der Waals surface area contributed by atoms with Crippen molar-refractivity contribution in [2.24, 2.45) is 0 Å². The van der Waals surface area contributed by atoms with Crippen LogP contribution in [0.1, 0.15) is 38.2 Å². The van der Waals surface area contributed by atoms with E-state index in [-0.39, 0.29) is 0 Å². The van der Waals surface area contributed by atoms with Crippen molar-refractivity contribution in [3.8, 4) is 0 Å². The van der Waals surface area contributed by atoms with Crippen LogP contribution in [0.2, 0.25) is 0 Å². The first-order valence-corrected chi connectivity index (χ1v) is 5.34. The predicted octanol–water partition coefficient (Wildman–Crippen LogP) is 2.56. The number of nitrogens with zero attached hydrogens (tertiary/aromatic N) is 2. The summed E-state index contributed by atoms with van der Waals surface area (Å²) >= 11 is 0. The molecule has 0 aliphatic carbocycles. The second kappa shape index (κ2) is 5.58. The SMILES string of the molecule is CCCNc1cc(C)nc(CCC)n1. The zero-order chi connectivity index (χ0) is 10.4. The van der Waals surface area contributed by atoms with Crippen LogP contribution in [-0.2, 0) is 6.42 Å². The van der Waals surface area contributed by atoms with E-state index in [9.17, 15) is 0 Å². The number of rotatable bonds is 5. The smallest absolute Gasteiger partial charge is 0.130 e. The van der Waals surface area contributed by atoms with E-state index in [0.717, 1.165) is 43.1 Å². The second-order valence-electron chi connectivity index (χ2n) is 3.49. The average Bonchev–Trinajstić information content (AvgIpc) is 2.14. The molecule has 78 valence electrons. The highest BCUT2D eigenvalue weighted by Gasteiger charge is 2.00. The van der Waals surface area contributed by atoms with E-state index >= 15 is 0 Å². The van der Waals surface area contributed by atoms with Gasteiger partial charge < -0.3 is 5.32 Å². The summed E-state index contributed by atoms with van der Waals surface area (Å²) in [7, 11) is 0. The number of aryl methyl sites for hydroxylation is 2. The summed E-state index contributed by atoms with van der Waals surface area (Å²) in [6.45, 7) is 7.28. The third-order valence-electron chi connectivity index (χ3n) is 1.93. The van der Waals surface area contributed by atoms with E-state index in [1.165, 1.54) is 0 Å². The fourth-order valence-corrected chi connectivity index (χ4v) is 1.31. The van der Waals surface area contributed by atoms with Crippen LogP contribution in [0.25, 0.3) is 0 Å². The highest BCUT2D eigenvalue weighted by molar-refractivity contribution is 5.35. The van der Waals surface area contributed by atoms with Crippen LogP contribution in [0.4, 0.5) is 5.82 Å². The Balaban J connectivity index is 2.73. The summed E-state index contributed by atoms with van der Waals surface area (Å²) in [5.41, 5.74) is 1.04. The molecule has 1 heterocycles. The van der Waals surface area contributed by atoms with Gasteiger partial charge in [-0.25, -0.2) is 9.97 Å². The van der Waals surface area contributed by atoms with Crippen molar-refractivity contribution in [2.75, 3.05) is 11.9 Å². The predicted molar refractivity (Wildman–Crippen MR) is 59.5 cm³/mol. The van der Waals surface area contributed by atoms with Crippen LogP contribution >= 0.6 is 0 Å². The van der Waals surface area contributed by atoms with Gasteiger partial charge in [-0.3, -0.25) is 0 Å². The molecule has 1 aromatic rings. The minimum Gasteiger partial charge on any atom is -0.370 e. The molecule has 0 amide bonds. The molecule has 0 aliphatic heterocycles. The molecule has 1 aromatic heterocycles. The Bertz CT molecular complexity index is 284. The minimum atomic E-state index is 0.950. The van der Waals surface area contributed by atoms with Gasteiger partial charge in [-0.05, 0) is 19.8 Å². The average molecular weight is 193 g/mol. The van der Waals surface area contributed by atoms with E-state index in [4.69, 9.17) is 0 Å². The van der Waals surface area contributed by atoms with Gasteiger partial charge in [-0.15, -0.1) is 0 Å². The fourth-order valence-electron chi connectivity index (χ4n) is 1.31. The van der Waals surface area contributed by atoms with Crippen LogP contribution in [0.5, 0.6) is 0 Å². The molecule has 0 unspecified atom stereocenters. The molecule has 0 atom stereocenters. The summed E-state index contributed by atoms with van der Waals surface area (Å²) in [4.78, 5) is 8.82. The lowest BCUT2D eigenvalue weighted by Gasteiger charge is -2.06. The standard InChI is InChI=1S/C11H19N3/c1-4-6-10-13-9(3)8-11(14-10)12-7-5-2/h8H,4-7H2,1-3H3,(H,12,13,14). The summed E-state index contributed by atoms with van der Waals surface area (Å²) in [6.07, 6.45) is 3.17. The van der Waals surface area contributed by atoms with E-state index in [1.54, 1.807) is 0 Å². The van der Waals surface area contributed by atoms with Gasteiger partial charge in [0.2, 0.25) is 0 Å². The van der Waals surface area contributed by atoms with Gasteiger partial charge in [-0.2, -0.15) is 0 Å². The molecular weight excluding hydrogens is 174 g/mol. The lowest BCUT2D eigenvalue weighted by molar-refractivity contribution is 0.822. The molecule has 0 saturated heterocycles. The van der Waals surface area contributed by atoms with Gasteiger partial charge in [0.05, 0.1) is 0 Å². The van der Waals surface area contributed by atoms with Crippen LogP contribution in [0, 0.1) is 6.92 Å². The summed E-state index contributed by atoms with van der Waals surface area (Å²) in [5, 5.41) is 3.28. The van der Waals surface area contributed by atoms with Crippen LogP contribution < -0.4 is 5.32 Å². The third-order valence-corrected chi connectivity index (χ3v) is 1.93. The van der Waals surface area contributed by atoms with E-state index < -0.39 is 0 Å². The van der Waals surface area contributed by atoms with Gasteiger partial charge in [-0.1, -0.05) is 13.8 Å². The number of aromatic nitrogens is 2. The van der Waals surface area contributed by atoms with Crippen LogP contribution in [0.15, 0.2) is 6.07 Å². The molecule has 0 aliphatic rings. The molecule has 3 heteroatoms. The Kier molecular flexibility index (Phi) is 4.36. The first-order chi connectivity index (χ1) is 6.76. The molecule has 14 heavy (non-hydrogen) atoms. The van der Waals surface area contributed by atoms with Crippen molar-refractivity contribution in [2.45, 2.75) is 40.0 Å². The Morgan fingerprint density at radius 3 is 2.64 bits per heavy atom. The van der Waals surface area contributed by atoms with Gasteiger partial charge in [0.15, 0.2) is 0 Å². The second-order valence-corrected chi connectivity index (χ2v) is 3.49. The normalized spacial score (nSPS) is 10.2. The molecule has 0 saturated carbocycles. The molecule has 1 rings (SSSR count). The molecule has 3 nitrogen and oxygen atoms in total. The number of anilines is 1. The lowest BCUT2D eigenvalue weighted by atomic mass is 10.3. The molecule has 0 radical (unpaired) electrons. The molecule has 0 fully saturated rings. The molecular formula is C11H19N3. The molecule has 0 aromatic carbocycles. The molecule has 0 spiro atoms. The van der Waals surface area contributed by atoms with Gasteiger partial charge in [0, 0.05) is 24.7 Å². The van der Waals surface area contributed by atoms with Gasteiger partial charge >= 0.3 is 0 Å². The maximum absolute atomic E-state index is 4.44. The van der Waals surface area contributed by atoms with E-state index in [2.05, 4.69) is 29.1 Å². The Morgan fingerprint density at radius 2 is 2.00 bits per heavy atom. The van der Waals surface area contributed by atoms with Crippen molar-refractivity contribution in [1.29, 1.82) is 0 Å². The highest BCUT2D eigenvalue weighted by atomic mass is 15.0. The largest absolute Gasteiger partial charge is 0.370 e. The van der Waals surface area contributed by atoms with Crippen LogP contribution in [-0.4, -0.2) is 16.5 Å². The fraction of sp³-hybridized carbons (Fsp3) is 0.636. The lowest BCUT2D eigenvalue weighted by Crippen LogP contribution is -2.06. The monoisotopic (exact) mass is 193 g/mol. The Labute approximate surface area is 86.0 Å². The summed E-state index contributed by atoms with van der Waals surface area (Å²) in [5.74, 6) is 1.91. The maximum atomic E-state index is 4.44. The highest BCUT2D eigenvalue weighted by Crippen LogP contribution is 2.07. The van der Waals surface area contributed by atoms with Crippen molar-refractivity contribution < 1.29 is 0 Å². The first kappa shape index (κ1) is 11.0. The van der Waals surface area contributed by atoms with Crippen molar-refractivity contribution in [3.63, 3.8) is 0 Å². The number of hydrogen-bond acceptors (Lipinski definition) is 3. The van der Waals surface area contributed by atoms with Crippen molar-refractivity contribution >= 4 is 5.82 Å². The molecule has 0 bridgehead atoms. The van der Waals surface area contributed by atoms with E-state index in [1.807, 2.05) is 13.0 Å². The van der Waals surface area contributed by atoms with Gasteiger partial charge in [0.1, 0.15) is 11.6 Å². The Morgan fingerprint density at radius 1 is 1.21 bits per heavy atom. The zero-order valence-electron chi connectivity index (χ0n) is 9.30. The van der Waals surface area contributed by atoms with Crippen LogP contribution in [0.3, 0.4) is 0 Å². The summed E-state index contributed by atoms with van der Waals surface area (Å²) < 4.78 is 0. The van der Waals surface area contributed by atoms with Crippen molar-refractivity contribution in [1.82, 2.24) is 9.97 Å². The third kappa shape index (κ3) is 3.32. The zero-order valence-corrected chi connectivity index (χ0v) is 9.30. The first-order valence-electron chi connectivity index (χ1n) is 5.34. The minimum absolute atomic E-state index is 0.950. The maximum Gasteiger partial charge on any atom is 0.130 e. The Hall–Kier alpha value is -1.12. The topological polar surface area (TPSA) is 37.8 Å². The summed E-state index contributed by atoms with van der Waals surface area (Å²) in [6, 6.07) is 1.99.